The first-order valence-corrected chi connectivity index (χ1v) is 11.2. The summed E-state index contributed by atoms with van der Waals surface area (Å²) >= 11 is 1.40. The van der Waals surface area contributed by atoms with Crippen LogP contribution in [0, 0.1) is 11.3 Å². The highest BCUT2D eigenvalue weighted by molar-refractivity contribution is 7.99. The first kappa shape index (κ1) is 20.9. The van der Waals surface area contributed by atoms with Gasteiger partial charge in [0, 0.05) is 12.0 Å². The minimum atomic E-state index is -0.329. The highest BCUT2D eigenvalue weighted by Crippen LogP contribution is 2.36. The number of Topliss-reactive ketones (excluding diaryl/α,β-unsaturated/α-hetero) is 1. The molecule has 1 aromatic heterocycles. The van der Waals surface area contributed by atoms with E-state index in [0.29, 0.717) is 37.4 Å². The van der Waals surface area contributed by atoms with Gasteiger partial charge in [0.15, 0.2) is 10.8 Å². The Kier molecular flexibility index (Phi) is 6.09. The Bertz CT molecular complexity index is 979. The highest BCUT2D eigenvalue weighted by Gasteiger charge is 2.36. The lowest BCUT2D eigenvalue weighted by molar-refractivity contribution is -0.415. The number of fused-ring (bicyclic) bond motifs is 1. The number of carbonyl (C=O) groups is 1. The number of aromatic nitrogens is 1. The van der Waals surface area contributed by atoms with Gasteiger partial charge in [0.05, 0.1) is 36.7 Å². The smallest absolute Gasteiger partial charge is 0.281 e. The molecule has 7 heteroatoms. The Balaban J connectivity index is 1.70. The zero-order valence-electron chi connectivity index (χ0n) is 17.4. The average molecular weight is 425 g/mol. The average Bonchev–Trinajstić information content (AvgIpc) is 2.77. The second-order valence-electron chi connectivity index (χ2n) is 8.15. The number of morpholine rings is 1. The molecule has 156 valence electrons. The number of rotatable bonds is 5. The van der Waals surface area contributed by atoms with Crippen molar-refractivity contribution in [3.63, 3.8) is 0 Å². The van der Waals surface area contributed by atoms with E-state index in [-0.39, 0.29) is 17.1 Å². The molecule has 1 saturated heterocycles. The molecule has 0 aliphatic carbocycles. The standard InChI is InChI=1S/C23H25N3O3S/c1-23(2)12-17-18(13-24)22(30-15-20(27)16-6-4-3-5-7-16)25-21(19(17)14-29-23)26-8-10-28-11-9-26/h3-7H,8-12,14-15H2,1-2H3/p+1. The van der Waals surface area contributed by atoms with Gasteiger partial charge < -0.3 is 9.47 Å². The Hall–Kier alpha value is -2.40. The largest absolute Gasteiger partial charge is 0.373 e. The van der Waals surface area contributed by atoms with E-state index in [4.69, 9.17) is 9.47 Å². The Labute approximate surface area is 181 Å². The molecule has 1 N–H and O–H groups in total. The van der Waals surface area contributed by atoms with Gasteiger partial charge >= 0.3 is 0 Å². The highest BCUT2D eigenvalue weighted by atomic mass is 32.2. The first-order valence-electron chi connectivity index (χ1n) is 10.2. The van der Waals surface area contributed by atoms with Crippen LogP contribution in [-0.2, 0) is 22.5 Å². The van der Waals surface area contributed by atoms with Crippen molar-refractivity contribution in [3.05, 3.63) is 52.6 Å². The maximum atomic E-state index is 12.6. The molecule has 0 radical (unpaired) electrons. The summed E-state index contributed by atoms with van der Waals surface area (Å²) < 4.78 is 11.6. The van der Waals surface area contributed by atoms with Crippen LogP contribution in [0.2, 0.25) is 0 Å². The molecule has 0 atom stereocenters. The van der Waals surface area contributed by atoms with Crippen molar-refractivity contribution in [3.8, 4) is 6.07 Å². The second-order valence-corrected chi connectivity index (χ2v) is 9.13. The lowest BCUT2D eigenvalue weighted by Gasteiger charge is -2.34. The maximum absolute atomic E-state index is 12.6. The molecule has 3 heterocycles. The minimum Gasteiger partial charge on any atom is -0.373 e. The van der Waals surface area contributed by atoms with Crippen molar-refractivity contribution in [2.24, 2.45) is 0 Å². The molecule has 2 aliphatic heterocycles. The molecule has 2 aliphatic rings. The van der Waals surface area contributed by atoms with Crippen molar-refractivity contribution in [1.82, 2.24) is 0 Å². The van der Waals surface area contributed by atoms with E-state index in [9.17, 15) is 10.1 Å². The zero-order chi connectivity index (χ0) is 21.1. The Morgan fingerprint density at radius 1 is 1.23 bits per heavy atom. The molecule has 0 bridgehead atoms. The third-order valence-corrected chi connectivity index (χ3v) is 6.50. The summed E-state index contributed by atoms with van der Waals surface area (Å²) in [5, 5.41) is 10.7. The molecule has 2 aromatic rings. The molecule has 4 rings (SSSR count). The summed E-state index contributed by atoms with van der Waals surface area (Å²) in [5.41, 5.74) is 3.06. The lowest BCUT2D eigenvalue weighted by atomic mass is 9.89. The predicted molar refractivity (Wildman–Crippen MR) is 115 cm³/mol. The quantitative estimate of drug-likeness (QED) is 0.542. The number of thioether (sulfide) groups is 1. The summed E-state index contributed by atoms with van der Waals surface area (Å²) in [6.07, 6.45) is 0.664. The molecular weight excluding hydrogens is 398 g/mol. The molecule has 6 nitrogen and oxygen atoms in total. The minimum absolute atomic E-state index is 0.0483. The molecule has 1 aromatic carbocycles. The van der Waals surface area contributed by atoms with E-state index >= 15 is 0 Å². The van der Waals surface area contributed by atoms with Crippen LogP contribution in [-0.4, -0.2) is 43.4 Å². The fourth-order valence-corrected chi connectivity index (χ4v) is 4.82. The van der Waals surface area contributed by atoms with Gasteiger partial charge in [0.1, 0.15) is 24.7 Å². The number of nitrogens with one attached hydrogen (secondary N) is 1. The lowest BCUT2D eigenvalue weighted by Crippen LogP contribution is -2.43. The number of ketones is 1. The van der Waals surface area contributed by atoms with E-state index in [1.54, 1.807) is 0 Å². The summed E-state index contributed by atoms with van der Waals surface area (Å²) in [6.45, 7) is 7.47. The van der Waals surface area contributed by atoms with E-state index in [2.05, 4.69) is 16.0 Å². The molecular formula is C23H26N3O3S+. The summed E-state index contributed by atoms with van der Waals surface area (Å²) in [4.78, 5) is 18.4. The normalized spacial score (nSPS) is 17.8. The number of nitriles is 1. The van der Waals surface area contributed by atoms with Crippen molar-refractivity contribution < 1.29 is 19.3 Å². The van der Waals surface area contributed by atoms with E-state index in [1.807, 2.05) is 44.2 Å². The van der Waals surface area contributed by atoms with Gasteiger partial charge in [0.25, 0.3) is 5.82 Å². The Morgan fingerprint density at radius 3 is 2.67 bits per heavy atom. The SMILES string of the molecule is CC1(C)Cc2c(C#N)c(SCC(=O)c3ccccc3)[nH+]c(N3CCOCC3)c2CO1. The number of nitrogens with zero attached hydrogens (tertiary/aromatic N) is 2. The topological polar surface area (TPSA) is 76.7 Å². The van der Waals surface area contributed by atoms with Crippen LogP contribution >= 0.6 is 11.8 Å². The van der Waals surface area contributed by atoms with E-state index in [1.165, 1.54) is 11.8 Å². The first-order chi connectivity index (χ1) is 14.5. The van der Waals surface area contributed by atoms with Gasteiger partial charge in [-0.05, 0) is 19.4 Å². The van der Waals surface area contributed by atoms with E-state index in [0.717, 1.165) is 35.1 Å². The van der Waals surface area contributed by atoms with Crippen LogP contribution in [0.25, 0.3) is 0 Å². The monoisotopic (exact) mass is 424 g/mol. The fraction of sp³-hybridized carbons (Fsp3) is 0.435. The predicted octanol–water partition coefficient (Wildman–Crippen LogP) is 3.04. The number of benzene rings is 1. The third-order valence-electron chi connectivity index (χ3n) is 5.50. The number of pyridine rings is 1. The zero-order valence-corrected chi connectivity index (χ0v) is 18.2. The van der Waals surface area contributed by atoms with Crippen LogP contribution in [0.15, 0.2) is 35.4 Å². The van der Waals surface area contributed by atoms with Gasteiger partial charge in [-0.15, -0.1) is 0 Å². The molecule has 30 heavy (non-hydrogen) atoms. The molecule has 0 unspecified atom stereocenters. The maximum Gasteiger partial charge on any atom is 0.281 e. The van der Waals surface area contributed by atoms with Crippen molar-refractivity contribution in [1.29, 1.82) is 5.26 Å². The number of hydrogen-bond acceptors (Lipinski definition) is 6. The van der Waals surface area contributed by atoms with Crippen molar-refractivity contribution in [2.45, 2.75) is 37.5 Å². The van der Waals surface area contributed by atoms with E-state index < -0.39 is 0 Å². The summed E-state index contributed by atoms with van der Waals surface area (Å²) in [7, 11) is 0. The number of carbonyl (C=O) groups excluding carboxylic acids is 1. The van der Waals surface area contributed by atoms with Crippen LogP contribution in [0.1, 0.15) is 40.9 Å². The third kappa shape index (κ3) is 4.36. The van der Waals surface area contributed by atoms with Crippen molar-refractivity contribution in [2.75, 3.05) is 37.0 Å². The molecule has 1 fully saturated rings. The number of hydrogen-bond donors (Lipinski definition) is 0. The number of ether oxygens (including phenoxy) is 2. The number of aromatic amines is 1. The van der Waals surface area contributed by atoms with Gasteiger partial charge in [-0.1, -0.05) is 42.1 Å². The molecule has 0 amide bonds. The Morgan fingerprint density at radius 2 is 1.97 bits per heavy atom. The van der Waals surface area contributed by atoms with Crippen LogP contribution in [0.5, 0.6) is 0 Å². The van der Waals surface area contributed by atoms with Gasteiger partial charge in [-0.3, -0.25) is 9.69 Å². The molecule has 0 saturated carbocycles. The second kappa shape index (κ2) is 8.76. The van der Waals surface area contributed by atoms with Crippen LogP contribution < -0.4 is 9.88 Å². The molecule has 0 spiro atoms. The summed E-state index contributed by atoms with van der Waals surface area (Å²) in [5.74, 6) is 1.31. The summed E-state index contributed by atoms with van der Waals surface area (Å²) in [6, 6.07) is 11.7. The van der Waals surface area contributed by atoms with Crippen LogP contribution in [0.3, 0.4) is 0 Å². The fourth-order valence-electron chi connectivity index (χ4n) is 3.90. The van der Waals surface area contributed by atoms with Crippen molar-refractivity contribution >= 4 is 23.4 Å². The van der Waals surface area contributed by atoms with Gasteiger partial charge in [-0.2, -0.15) is 5.26 Å². The van der Waals surface area contributed by atoms with Gasteiger partial charge in [-0.25, -0.2) is 4.98 Å². The van der Waals surface area contributed by atoms with Crippen LogP contribution in [0.4, 0.5) is 5.82 Å². The number of H-pyrrole nitrogens is 1. The van der Waals surface area contributed by atoms with Gasteiger partial charge in [0.2, 0.25) is 0 Å². The number of anilines is 1.